The lowest BCUT2D eigenvalue weighted by atomic mass is 10.1. The van der Waals surface area contributed by atoms with E-state index in [4.69, 9.17) is 14.2 Å². The van der Waals surface area contributed by atoms with Crippen molar-refractivity contribution in [2.45, 2.75) is 25.8 Å². The molecule has 0 bridgehead atoms. The molecule has 0 saturated heterocycles. The van der Waals surface area contributed by atoms with Crippen molar-refractivity contribution in [2.24, 2.45) is 0 Å². The van der Waals surface area contributed by atoms with E-state index in [2.05, 4.69) is 15.6 Å². The Morgan fingerprint density at radius 3 is 2.41 bits per heavy atom. The van der Waals surface area contributed by atoms with E-state index in [9.17, 15) is 4.79 Å². The summed E-state index contributed by atoms with van der Waals surface area (Å²) >= 11 is 0. The van der Waals surface area contributed by atoms with Gasteiger partial charge in [0.05, 0.1) is 33.1 Å². The van der Waals surface area contributed by atoms with Crippen LogP contribution < -0.4 is 14.8 Å². The molecular formula is C21H22N4O4. The number of fused-ring (bicyclic) bond motifs is 1. The lowest BCUT2D eigenvalue weighted by Gasteiger charge is -2.24. The van der Waals surface area contributed by atoms with Crippen LogP contribution in [-0.2, 0) is 24.4 Å². The third-order valence-electron chi connectivity index (χ3n) is 4.91. The fraction of sp³-hybridized carbons (Fsp3) is 0.286. The number of rotatable bonds is 6. The Morgan fingerprint density at radius 1 is 1.10 bits per heavy atom. The smallest absolute Gasteiger partial charge is 0.274 e. The lowest BCUT2D eigenvalue weighted by molar-refractivity contribution is -0.00179. The molecule has 0 spiro atoms. The highest BCUT2D eigenvalue weighted by Crippen LogP contribution is 2.28. The molecule has 0 saturated carbocycles. The molecule has 2 heterocycles. The topological polar surface area (TPSA) is 87.5 Å². The summed E-state index contributed by atoms with van der Waals surface area (Å²) in [5.74, 6) is 1.30. The number of nitrogens with one attached hydrogen (secondary N) is 1. The van der Waals surface area contributed by atoms with Crippen LogP contribution in [0.3, 0.4) is 0 Å². The summed E-state index contributed by atoms with van der Waals surface area (Å²) in [7, 11) is 3.25. The van der Waals surface area contributed by atoms with Gasteiger partial charge in [-0.05, 0) is 35.4 Å². The molecule has 0 radical (unpaired) electrons. The van der Waals surface area contributed by atoms with Gasteiger partial charge in [-0.1, -0.05) is 29.5 Å². The molecular weight excluding hydrogens is 372 g/mol. The van der Waals surface area contributed by atoms with Crippen LogP contribution in [0.4, 0.5) is 0 Å². The van der Waals surface area contributed by atoms with Gasteiger partial charge in [0.2, 0.25) is 0 Å². The minimum Gasteiger partial charge on any atom is -0.497 e. The maximum Gasteiger partial charge on any atom is 0.274 e. The molecule has 0 aliphatic carbocycles. The largest absolute Gasteiger partial charge is 0.497 e. The monoisotopic (exact) mass is 394 g/mol. The molecule has 0 unspecified atom stereocenters. The number of aromatic nitrogens is 3. The third kappa shape index (κ3) is 4.07. The standard InChI is InChI=1S/C21H22N4O4/c1-27-16-7-3-14(4-8-16)11-22-21(26)20-18-13-29-19(12-25(18)24-23-20)15-5-9-17(28-2)10-6-15/h3-10,19H,11-13H2,1-2H3,(H,22,26)/t19-/m1/s1. The molecule has 1 atom stereocenters. The van der Waals surface area contributed by atoms with Crippen molar-refractivity contribution in [3.63, 3.8) is 0 Å². The molecule has 0 fully saturated rings. The summed E-state index contributed by atoms with van der Waals surface area (Å²) in [6, 6.07) is 15.2. The number of amides is 1. The minimum absolute atomic E-state index is 0.148. The summed E-state index contributed by atoms with van der Waals surface area (Å²) in [6.07, 6.45) is -0.148. The van der Waals surface area contributed by atoms with E-state index in [0.717, 1.165) is 22.6 Å². The van der Waals surface area contributed by atoms with Crippen molar-refractivity contribution < 1.29 is 19.0 Å². The molecule has 8 nitrogen and oxygen atoms in total. The van der Waals surface area contributed by atoms with Gasteiger partial charge in [0.25, 0.3) is 5.91 Å². The van der Waals surface area contributed by atoms with E-state index in [1.807, 2.05) is 48.5 Å². The Bertz CT molecular complexity index is 983. The molecule has 1 N–H and O–H groups in total. The Hall–Kier alpha value is -3.39. The molecule has 1 aromatic heterocycles. The number of carbonyl (C=O) groups is 1. The number of carbonyl (C=O) groups excluding carboxylic acids is 1. The van der Waals surface area contributed by atoms with E-state index in [1.54, 1.807) is 18.9 Å². The molecule has 3 aromatic rings. The fourth-order valence-electron chi connectivity index (χ4n) is 3.22. The van der Waals surface area contributed by atoms with Gasteiger partial charge in [-0.15, -0.1) is 5.10 Å². The number of hydrogen-bond donors (Lipinski definition) is 1. The number of nitrogens with zero attached hydrogens (tertiary/aromatic N) is 3. The first-order valence-electron chi connectivity index (χ1n) is 9.27. The molecule has 29 heavy (non-hydrogen) atoms. The van der Waals surface area contributed by atoms with E-state index < -0.39 is 0 Å². The second-order valence-corrected chi connectivity index (χ2v) is 6.67. The minimum atomic E-state index is -0.270. The predicted molar refractivity (Wildman–Crippen MR) is 105 cm³/mol. The van der Waals surface area contributed by atoms with Gasteiger partial charge in [0, 0.05) is 6.54 Å². The second kappa shape index (κ2) is 8.32. The van der Waals surface area contributed by atoms with Crippen LogP contribution in [0.25, 0.3) is 0 Å². The molecule has 1 amide bonds. The van der Waals surface area contributed by atoms with Crippen LogP contribution in [0.5, 0.6) is 11.5 Å². The maximum atomic E-state index is 12.6. The van der Waals surface area contributed by atoms with E-state index in [1.165, 1.54) is 0 Å². The van der Waals surface area contributed by atoms with Crippen LogP contribution in [0.15, 0.2) is 48.5 Å². The van der Waals surface area contributed by atoms with Gasteiger partial charge in [-0.3, -0.25) is 4.79 Å². The normalized spacial score (nSPS) is 15.4. The Labute approximate surface area is 168 Å². The summed E-state index contributed by atoms with van der Waals surface area (Å²) in [4.78, 5) is 12.6. The van der Waals surface area contributed by atoms with Gasteiger partial charge in [-0.25, -0.2) is 4.68 Å². The lowest BCUT2D eigenvalue weighted by Crippen LogP contribution is -2.27. The van der Waals surface area contributed by atoms with Crippen LogP contribution >= 0.6 is 0 Å². The van der Waals surface area contributed by atoms with Gasteiger partial charge in [0.15, 0.2) is 5.69 Å². The maximum absolute atomic E-state index is 12.6. The number of methoxy groups -OCH3 is 2. The highest BCUT2D eigenvalue weighted by Gasteiger charge is 2.27. The molecule has 1 aliphatic heterocycles. The first kappa shape index (κ1) is 18.9. The number of benzene rings is 2. The Balaban J connectivity index is 1.40. The second-order valence-electron chi connectivity index (χ2n) is 6.67. The van der Waals surface area contributed by atoms with Crippen molar-refractivity contribution in [1.82, 2.24) is 20.3 Å². The van der Waals surface area contributed by atoms with Crippen molar-refractivity contribution in [3.05, 3.63) is 71.0 Å². The zero-order valence-electron chi connectivity index (χ0n) is 16.3. The Kier molecular flexibility index (Phi) is 5.44. The summed E-state index contributed by atoms with van der Waals surface area (Å²) in [5.41, 5.74) is 2.97. The van der Waals surface area contributed by atoms with Crippen molar-refractivity contribution in [1.29, 1.82) is 0 Å². The molecule has 2 aromatic carbocycles. The molecule has 150 valence electrons. The van der Waals surface area contributed by atoms with E-state index in [0.29, 0.717) is 24.5 Å². The van der Waals surface area contributed by atoms with Crippen molar-refractivity contribution in [2.75, 3.05) is 14.2 Å². The summed E-state index contributed by atoms with van der Waals surface area (Å²) in [6.45, 7) is 1.17. The summed E-state index contributed by atoms with van der Waals surface area (Å²) < 4.78 is 18.0. The van der Waals surface area contributed by atoms with E-state index >= 15 is 0 Å². The Morgan fingerprint density at radius 2 is 1.76 bits per heavy atom. The van der Waals surface area contributed by atoms with Crippen LogP contribution in [-0.4, -0.2) is 35.1 Å². The van der Waals surface area contributed by atoms with E-state index in [-0.39, 0.29) is 18.6 Å². The highest BCUT2D eigenvalue weighted by molar-refractivity contribution is 5.93. The SMILES string of the molecule is COc1ccc(CNC(=O)c2nnn3c2CO[C@@H](c2ccc(OC)cc2)C3)cc1. The first-order chi connectivity index (χ1) is 14.2. The highest BCUT2D eigenvalue weighted by atomic mass is 16.5. The van der Waals surface area contributed by atoms with Crippen molar-refractivity contribution in [3.8, 4) is 11.5 Å². The average Bonchev–Trinajstić information content (AvgIpc) is 3.21. The fourth-order valence-corrected chi connectivity index (χ4v) is 3.22. The molecule has 1 aliphatic rings. The van der Waals surface area contributed by atoms with Crippen LogP contribution in [0, 0.1) is 0 Å². The van der Waals surface area contributed by atoms with Crippen molar-refractivity contribution >= 4 is 5.91 Å². The van der Waals surface area contributed by atoms with Crippen LogP contribution in [0.2, 0.25) is 0 Å². The first-order valence-corrected chi connectivity index (χ1v) is 9.27. The van der Waals surface area contributed by atoms with Gasteiger partial charge in [-0.2, -0.15) is 0 Å². The third-order valence-corrected chi connectivity index (χ3v) is 4.91. The molecule has 4 rings (SSSR count). The number of ether oxygens (including phenoxy) is 3. The quantitative estimate of drug-likeness (QED) is 0.691. The number of hydrogen-bond acceptors (Lipinski definition) is 6. The van der Waals surface area contributed by atoms with Gasteiger partial charge >= 0.3 is 0 Å². The molecule has 8 heteroatoms. The van der Waals surface area contributed by atoms with Gasteiger partial charge in [0.1, 0.15) is 17.6 Å². The average molecular weight is 394 g/mol. The predicted octanol–water partition coefficient (Wildman–Crippen LogP) is 2.50. The zero-order chi connectivity index (χ0) is 20.2. The summed E-state index contributed by atoms with van der Waals surface area (Å²) in [5, 5.41) is 11.1. The van der Waals surface area contributed by atoms with Gasteiger partial charge < -0.3 is 19.5 Å². The van der Waals surface area contributed by atoms with Crippen LogP contribution in [0.1, 0.15) is 33.4 Å². The zero-order valence-corrected chi connectivity index (χ0v) is 16.3.